The molecule has 2 heterocycles. The smallest absolute Gasteiger partial charge is 0.188 e. The first-order valence-electron chi connectivity index (χ1n) is 8.97. The largest absolute Gasteiger partial charge is 0.488 e. The van der Waals surface area contributed by atoms with E-state index in [2.05, 4.69) is 15.4 Å². The van der Waals surface area contributed by atoms with E-state index >= 15 is 0 Å². The van der Waals surface area contributed by atoms with Gasteiger partial charge in [0.15, 0.2) is 17.3 Å². The number of rotatable bonds is 7. The molecule has 30 heavy (non-hydrogen) atoms. The molecule has 156 valence electrons. The summed E-state index contributed by atoms with van der Waals surface area (Å²) in [5.74, 6) is -0.0438. The van der Waals surface area contributed by atoms with Crippen LogP contribution in [0, 0.1) is 10.6 Å². The van der Waals surface area contributed by atoms with Crippen molar-refractivity contribution in [3.05, 3.63) is 48.3 Å². The monoisotopic (exact) mass is 430 g/mol. The van der Waals surface area contributed by atoms with Crippen molar-refractivity contribution >= 4 is 20.6 Å². The maximum absolute atomic E-state index is 14.4. The second kappa shape index (κ2) is 7.88. The molecule has 0 saturated carbocycles. The van der Waals surface area contributed by atoms with Gasteiger partial charge in [0.1, 0.15) is 18.0 Å². The Labute approximate surface area is 172 Å². The fourth-order valence-corrected chi connectivity index (χ4v) is 3.62. The van der Waals surface area contributed by atoms with Gasteiger partial charge in [-0.2, -0.15) is 5.10 Å². The summed E-state index contributed by atoms with van der Waals surface area (Å²) in [5.41, 5.74) is 2.29. The normalized spacial score (nSPS) is 13.4. The Morgan fingerprint density at radius 3 is 2.67 bits per heavy atom. The summed E-state index contributed by atoms with van der Waals surface area (Å²) in [5, 5.41) is 11.7. The fourth-order valence-electron chi connectivity index (χ4n) is 2.96. The van der Waals surface area contributed by atoms with Crippen molar-refractivity contribution in [1.29, 1.82) is 4.78 Å². The van der Waals surface area contributed by atoms with E-state index in [9.17, 15) is 8.60 Å². The number of H-pyrrole nitrogens is 1. The van der Waals surface area contributed by atoms with Crippen molar-refractivity contribution in [3.8, 4) is 28.5 Å². The van der Waals surface area contributed by atoms with Crippen molar-refractivity contribution in [3.63, 3.8) is 0 Å². The van der Waals surface area contributed by atoms with Crippen LogP contribution in [0.25, 0.3) is 33.6 Å². The molecule has 2 N–H and O–H groups in total. The van der Waals surface area contributed by atoms with Gasteiger partial charge < -0.3 is 14.0 Å². The van der Waals surface area contributed by atoms with Crippen LogP contribution in [0.3, 0.4) is 0 Å². The van der Waals surface area contributed by atoms with Gasteiger partial charge >= 0.3 is 0 Å². The molecule has 0 bridgehead atoms. The van der Waals surface area contributed by atoms with Gasteiger partial charge in [-0.05, 0) is 18.2 Å². The van der Waals surface area contributed by atoms with Gasteiger partial charge in [-0.1, -0.05) is 17.3 Å². The molecule has 2 aromatic carbocycles. The van der Waals surface area contributed by atoms with Crippen molar-refractivity contribution < 1.29 is 22.6 Å². The first kappa shape index (κ1) is 20.0. The van der Waals surface area contributed by atoms with E-state index < -0.39 is 15.5 Å². The summed E-state index contributed by atoms with van der Waals surface area (Å²) in [7, 11) is -1.24. The molecule has 8 nitrogen and oxygen atoms in total. The van der Waals surface area contributed by atoms with Crippen LogP contribution in [-0.4, -0.2) is 46.1 Å². The number of nitrogens with one attached hydrogen (secondary N) is 2. The summed E-state index contributed by atoms with van der Waals surface area (Å²) in [6.45, 7) is 0.585. The Hall–Kier alpha value is -3.24. The minimum atomic E-state index is -2.78. The van der Waals surface area contributed by atoms with E-state index in [0.717, 1.165) is 5.56 Å². The van der Waals surface area contributed by atoms with E-state index in [1.54, 1.807) is 37.4 Å². The zero-order chi connectivity index (χ0) is 21.3. The van der Waals surface area contributed by atoms with Crippen molar-refractivity contribution in [2.75, 3.05) is 26.6 Å². The number of methoxy groups -OCH3 is 1. The summed E-state index contributed by atoms with van der Waals surface area (Å²) < 4.78 is 49.6. The fraction of sp³-hybridized carbons (Fsp3) is 0.200. The highest BCUT2D eigenvalue weighted by molar-refractivity contribution is 7.91. The van der Waals surface area contributed by atoms with Crippen LogP contribution in [0.1, 0.15) is 0 Å². The molecule has 0 aliphatic rings. The van der Waals surface area contributed by atoms with E-state index in [1.807, 2.05) is 0 Å². The SMILES string of the molecule is COCCOc1cc2[nH]nc(-c3cc(-c4ccc(S(C)(=N)=O)cc4)no3)c2cc1F. The molecule has 2 aromatic heterocycles. The standard InChI is InChI=1S/C20H19FN4O4S/c1-27-7-8-28-18-11-17-14(9-15(18)21)20(24-23-17)19-10-16(25-29-19)12-3-5-13(6-4-12)30(2,22)26/h3-6,9-11,22H,7-8H2,1-2H3,(H,23,24). The molecule has 4 aromatic rings. The number of hydrogen-bond acceptors (Lipinski definition) is 7. The first-order chi connectivity index (χ1) is 14.4. The van der Waals surface area contributed by atoms with Crippen LogP contribution in [0.15, 0.2) is 51.9 Å². The second-order valence-electron chi connectivity index (χ2n) is 6.69. The minimum absolute atomic E-state index is 0.106. The van der Waals surface area contributed by atoms with Crippen LogP contribution in [0.2, 0.25) is 0 Å². The summed E-state index contributed by atoms with van der Waals surface area (Å²) >= 11 is 0. The summed E-state index contributed by atoms with van der Waals surface area (Å²) in [6, 6.07) is 11.3. The number of ether oxygens (including phenoxy) is 2. The molecule has 0 saturated heterocycles. The van der Waals surface area contributed by atoms with Crippen LogP contribution in [-0.2, 0) is 14.5 Å². The third-order valence-corrected chi connectivity index (χ3v) is 5.68. The van der Waals surface area contributed by atoms with Gasteiger partial charge in [0.05, 0.1) is 21.9 Å². The van der Waals surface area contributed by atoms with E-state index in [-0.39, 0.29) is 12.4 Å². The molecule has 0 aliphatic heterocycles. The highest BCUT2D eigenvalue weighted by Crippen LogP contribution is 2.33. The second-order valence-corrected chi connectivity index (χ2v) is 8.84. The van der Waals surface area contributed by atoms with Crippen LogP contribution >= 0.6 is 0 Å². The average Bonchev–Trinajstić information content (AvgIpc) is 3.34. The molecule has 1 atom stereocenters. The van der Waals surface area contributed by atoms with Crippen molar-refractivity contribution in [2.24, 2.45) is 0 Å². The Bertz CT molecular complexity index is 1300. The van der Waals surface area contributed by atoms with Gasteiger partial charge in [-0.15, -0.1) is 0 Å². The van der Waals surface area contributed by atoms with Crippen molar-refractivity contribution in [2.45, 2.75) is 4.90 Å². The van der Waals surface area contributed by atoms with Gasteiger partial charge in [-0.25, -0.2) is 13.4 Å². The number of nitrogens with zero attached hydrogens (tertiary/aromatic N) is 2. The lowest BCUT2D eigenvalue weighted by Gasteiger charge is -2.06. The number of halogens is 1. The molecule has 0 amide bonds. The lowest BCUT2D eigenvalue weighted by atomic mass is 10.1. The Kier molecular flexibility index (Phi) is 5.27. The molecule has 0 aliphatic carbocycles. The Morgan fingerprint density at radius 1 is 1.20 bits per heavy atom. The van der Waals surface area contributed by atoms with Crippen LogP contribution in [0.4, 0.5) is 4.39 Å². The minimum Gasteiger partial charge on any atom is -0.488 e. The molecule has 0 spiro atoms. The average molecular weight is 430 g/mol. The van der Waals surface area contributed by atoms with E-state index in [1.165, 1.54) is 18.4 Å². The first-order valence-corrected chi connectivity index (χ1v) is 10.9. The molecule has 1 unspecified atom stereocenters. The van der Waals surface area contributed by atoms with Gasteiger partial charge in [-0.3, -0.25) is 5.10 Å². The topological polar surface area (TPSA) is 114 Å². The molecular weight excluding hydrogens is 411 g/mol. The molecule has 4 rings (SSSR count). The predicted molar refractivity (Wildman–Crippen MR) is 109 cm³/mol. The van der Waals surface area contributed by atoms with Crippen LogP contribution in [0.5, 0.6) is 5.75 Å². The van der Waals surface area contributed by atoms with E-state index in [0.29, 0.717) is 39.6 Å². The number of aromatic nitrogens is 3. The van der Waals surface area contributed by atoms with Crippen molar-refractivity contribution in [1.82, 2.24) is 15.4 Å². The van der Waals surface area contributed by atoms with E-state index in [4.69, 9.17) is 18.8 Å². The number of aromatic amines is 1. The quantitative estimate of drug-likeness (QED) is 0.427. The maximum atomic E-state index is 14.4. The number of hydrogen-bond donors (Lipinski definition) is 2. The maximum Gasteiger partial charge on any atom is 0.188 e. The van der Waals surface area contributed by atoms with Gasteiger partial charge in [0, 0.05) is 41.3 Å². The third-order valence-electron chi connectivity index (χ3n) is 4.50. The lowest BCUT2D eigenvalue weighted by molar-refractivity contribution is 0.144. The third kappa shape index (κ3) is 3.91. The molecule has 0 fully saturated rings. The highest BCUT2D eigenvalue weighted by Gasteiger charge is 2.17. The Morgan fingerprint density at radius 2 is 1.97 bits per heavy atom. The zero-order valence-electron chi connectivity index (χ0n) is 16.3. The molecule has 10 heteroatoms. The van der Waals surface area contributed by atoms with Crippen LogP contribution < -0.4 is 4.74 Å². The number of fused-ring (bicyclic) bond motifs is 1. The summed E-state index contributed by atoms with van der Waals surface area (Å²) in [4.78, 5) is 0.437. The Balaban J connectivity index is 1.64. The predicted octanol–water partition coefficient (Wildman–Crippen LogP) is 4.08. The summed E-state index contributed by atoms with van der Waals surface area (Å²) in [6.07, 6.45) is 1.37. The number of benzene rings is 2. The highest BCUT2D eigenvalue weighted by atomic mass is 32.2. The lowest BCUT2D eigenvalue weighted by Crippen LogP contribution is -2.05. The molecule has 0 radical (unpaired) electrons. The zero-order valence-corrected chi connectivity index (χ0v) is 17.1. The van der Waals surface area contributed by atoms with Gasteiger partial charge in [0.25, 0.3) is 0 Å². The van der Waals surface area contributed by atoms with Gasteiger partial charge in [0.2, 0.25) is 0 Å². The molecular formula is C20H19FN4O4S.